The van der Waals surface area contributed by atoms with E-state index in [1.165, 1.54) is 30.6 Å². The smallest absolute Gasteiger partial charge is 0.410 e. The second kappa shape index (κ2) is 19.6. The van der Waals surface area contributed by atoms with Crippen LogP contribution >= 0.6 is 22.9 Å². The molecular weight excluding hydrogens is 784 g/mol. The van der Waals surface area contributed by atoms with Gasteiger partial charge in [0.2, 0.25) is 0 Å². The average Bonchev–Trinajstić information content (AvgIpc) is 3.58. The molecule has 15 heteroatoms. The van der Waals surface area contributed by atoms with Crippen LogP contribution in [0.2, 0.25) is 5.02 Å². The van der Waals surface area contributed by atoms with Gasteiger partial charge in [-0.3, -0.25) is 24.7 Å². The van der Waals surface area contributed by atoms with Crippen molar-refractivity contribution in [3.8, 4) is 22.6 Å². The molecule has 304 valence electrons. The Bertz CT molecular complexity index is 2240. The second-order valence-electron chi connectivity index (χ2n) is 14.1. The topological polar surface area (TPSA) is 162 Å². The van der Waals surface area contributed by atoms with Crippen LogP contribution in [0.25, 0.3) is 21.2 Å². The van der Waals surface area contributed by atoms with Crippen molar-refractivity contribution in [1.82, 2.24) is 14.8 Å². The predicted molar refractivity (Wildman–Crippen MR) is 222 cm³/mol. The highest BCUT2D eigenvalue weighted by Crippen LogP contribution is 2.39. The highest BCUT2D eigenvalue weighted by molar-refractivity contribution is 7.21. The number of amides is 2. The van der Waals surface area contributed by atoms with E-state index in [9.17, 15) is 24.5 Å². The van der Waals surface area contributed by atoms with E-state index in [4.69, 9.17) is 30.9 Å². The summed E-state index contributed by atoms with van der Waals surface area (Å²) in [5.41, 5.74) is 2.82. The van der Waals surface area contributed by atoms with E-state index in [0.29, 0.717) is 55.1 Å². The Labute approximate surface area is 345 Å². The first-order chi connectivity index (χ1) is 28.1. The van der Waals surface area contributed by atoms with Crippen molar-refractivity contribution in [3.63, 3.8) is 0 Å². The number of thiophene rings is 1. The van der Waals surface area contributed by atoms with E-state index in [0.717, 1.165) is 26.8 Å². The quantitative estimate of drug-likeness (QED) is 0.0543. The number of carboxylic acid groups (broad SMARTS) is 1. The maximum Gasteiger partial charge on any atom is 0.410 e. The van der Waals surface area contributed by atoms with Crippen molar-refractivity contribution in [3.05, 3.63) is 116 Å². The molecule has 0 radical (unpaired) electrons. The lowest BCUT2D eigenvalue weighted by Crippen LogP contribution is -2.48. The molecule has 6 rings (SSSR count). The summed E-state index contributed by atoms with van der Waals surface area (Å²) in [5.74, 6) is -0.838. The zero-order valence-electron chi connectivity index (χ0n) is 32.3. The highest BCUT2D eigenvalue weighted by Gasteiger charge is 2.35. The van der Waals surface area contributed by atoms with E-state index >= 15 is 0 Å². The molecule has 3 aromatic carbocycles. The van der Waals surface area contributed by atoms with E-state index in [2.05, 4.69) is 11.1 Å². The molecule has 58 heavy (non-hydrogen) atoms. The fourth-order valence-corrected chi connectivity index (χ4v) is 8.83. The minimum absolute atomic E-state index is 0.0205. The number of nitro groups is 1. The summed E-state index contributed by atoms with van der Waals surface area (Å²) in [4.78, 5) is 58.8. The van der Waals surface area contributed by atoms with Crippen LogP contribution in [0.3, 0.4) is 0 Å². The molecule has 1 aliphatic rings. The van der Waals surface area contributed by atoms with Crippen LogP contribution in [-0.2, 0) is 22.7 Å². The van der Waals surface area contributed by atoms with Gasteiger partial charge in [0.1, 0.15) is 11.5 Å². The van der Waals surface area contributed by atoms with E-state index in [1.807, 2.05) is 66.4 Å². The zero-order chi connectivity index (χ0) is 41.2. The molecule has 0 bridgehead atoms. The first-order valence-electron chi connectivity index (χ1n) is 19.2. The Morgan fingerprint density at radius 1 is 0.948 bits per heavy atom. The molecule has 1 fully saturated rings. The van der Waals surface area contributed by atoms with Gasteiger partial charge in [-0.1, -0.05) is 54.9 Å². The largest absolute Gasteiger partial charge is 0.493 e. The number of aliphatic carboxylic acids is 1. The maximum absolute atomic E-state index is 14.5. The summed E-state index contributed by atoms with van der Waals surface area (Å²) in [6, 6.07) is 22.0. The number of rotatable bonds is 17. The van der Waals surface area contributed by atoms with Gasteiger partial charge >= 0.3 is 12.1 Å². The zero-order valence-corrected chi connectivity index (χ0v) is 33.9. The number of methoxy groups -OCH3 is 1. The number of carboxylic acids is 1. The molecule has 1 saturated carbocycles. The number of pyridine rings is 1. The standard InChI is InChI=1S/C43H45ClN4O9S/c1-3-21-46(43(52)57-27-31-24-36(55-2)37(25-35(31)48(53)54)56-22-7-12-39(49)50)32-13-15-33(16-14-32)47(42(51)41-40(44)34-10-4-5-11-38(34)58-41)26-28-8-6-9-30(23-28)29-17-19-45-20-18-29/h4-6,8-11,17-20,23-25,32-33H,3,7,12-16,21-22,26-27H2,1-2H3,(H,49,50). The summed E-state index contributed by atoms with van der Waals surface area (Å²) in [6.07, 6.45) is 6.16. The number of carbonyl (C=O) groups excluding carboxylic acids is 2. The number of benzene rings is 3. The van der Waals surface area contributed by atoms with Gasteiger partial charge in [-0.05, 0) is 85.5 Å². The van der Waals surface area contributed by atoms with E-state index in [-0.39, 0.29) is 66.8 Å². The molecule has 13 nitrogen and oxygen atoms in total. The summed E-state index contributed by atoms with van der Waals surface area (Å²) in [5, 5.41) is 22.2. The monoisotopic (exact) mass is 828 g/mol. The van der Waals surface area contributed by atoms with Crippen LogP contribution in [0.4, 0.5) is 10.5 Å². The van der Waals surface area contributed by atoms with Crippen molar-refractivity contribution in [1.29, 1.82) is 0 Å². The number of nitrogens with zero attached hydrogens (tertiary/aromatic N) is 4. The summed E-state index contributed by atoms with van der Waals surface area (Å²) < 4.78 is 17.7. The molecular formula is C43H45ClN4O9S. The lowest BCUT2D eigenvalue weighted by atomic mass is 9.88. The molecule has 5 aromatic rings. The molecule has 0 spiro atoms. The summed E-state index contributed by atoms with van der Waals surface area (Å²) in [6.45, 7) is 2.40. The third-order valence-corrected chi connectivity index (χ3v) is 11.9. The Balaban J connectivity index is 1.17. The Hall–Kier alpha value is -5.73. The second-order valence-corrected chi connectivity index (χ2v) is 15.5. The molecule has 0 saturated heterocycles. The minimum atomic E-state index is -0.978. The third-order valence-electron chi connectivity index (χ3n) is 10.2. The van der Waals surface area contributed by atoms with Crippen LogP contribution in [0.1, 0.15) is 72.7 Å². The number of ether oxygens (including phenoxy) is 3. The number of hydrogen-bond acceptors (Lipinski definition) is 10. The molecule has 2 aromatic heterocycles. The molecule has 1 N–H and O–H groups in total. The van der Waals surface area contributed by atoms with Gasteiger partial charge in [-0.25, -0.2) is 4.79 Å². The minimum Gasteiger partial charge on any atom is -0.493 e. The van der Waals surface area contributed by atoms with Gasteiger partial charge in [-0.15, -0.1) is 11.3 Å². The molecule has 0 unspecified atom stereocenters. The molecule has 2 amide bonds. The third kappa shape index (κ3) is 10.0. The Morgan fingerprint density at radius 2 is 1.67 bits per heavy atom. The molecule has 2 heterocycles. The van der Waals surface area contributed by atoms with E-state index in [1.54, 1.807) is 17.3 Å². The fourth-order valence-electron chi connectivity index (χ4n) is 7.36. The number of aromatic nitrogens is 1. The molecule has 1 aliphatic carbocycles. The molecule has 0 aliphatic heterocycles. The number of fused-ring (bicyclic) bond motifs is 1. The SMILES string of the molecule is CCCN(C(=O)OCc1cc(OC)c(OCCCC(=O)O)cc1[N+](=O)[O-])C1CCC(N(Cc2cccc(-c3ccncc3)c2)C(=O)c2sc3ccccc3c2Cl)CC1. The van der Waals surface area contributed by atoms with Gasteiger partial charge in [0.15, 0.2) is 11.5 Å². The summed E-state index contributed by atoms with van der Waals surface area (Å²) in [7, 11) is 1.38. The van der Waals surface area contributed by atoms with Crippen LogP contribution in [0, 0.1) is 10.1 Å². The van der Waals surface area contributed by atoms with Crippen molar-refractivity contribution < 1.29 is 38.6 Å². The van der Waals surface area contributed by atoms with Gasteiger partial charge in [0.05, 0.1) is 35.3 Å². The van der Waals surface area contributed by atoms with Crippen molar-refractivity contribution in [2.75, 3.05) is 20.3 Å². The average molecular weight is 829 g/mol. The van der Waals surface area contributed by atoms with Crippen LogP contribution in [-0.4, -0.2) is 75.1 Å². The first-order valence-corrected chi connectivity index (χ1v) is 20.4. The van der Waals surface area contributed by atoms with Gasteiger partial charge in [0, 0.05) is 54.1 Å². The van der Waals surface area contributed by atoms with E-state index < -0.39 is 17.0 Å². The highest BCUT2D eigenvalue weighted by atomic mass is 35.5. The Kier molecular flexibility index (Phi) is 14.2. The number of nitro benzene ring substituents is 1. The van der Waals surface area contributed by atoms with Crippen LogP contribution in [0.5, 0.6) is 11.5 Å². The van der Waals surface area contributed by atoms with Crippen LogP contribution in [0.15, 0.2) is 85.2 Å². The van der Waals surface area contributed by atoms with Gasteiger partial charge < -0.3 is 29.1 Å². The fraction of sp³-hybridized carbons (Fsp3) is 0.349. The molecule has 0 atom stereocenters. The van der Waals surface area contributed by atoms with Gasteiger partial charge in [0.25, 0.3) is 11.6 Å². The number of halogens is 1. The van der Waals surface area contributed by atoms with Crippen molar-refractivity contribution in [2.45, 2.75) is 77.1 Å². The summed E-state index contributed by atoms with van der Waals surface area (Å²) >= 11 is 8.26. The van der Waals surface area contributed by atoms with Gasteiger partial charge in [-0.2, -0.15) is 0 Å². The Morgan fingerprint density at radius 3 is 2.34 bits per heavy atom. The predicted octanol–water partition coefficient (Wildman–Crippen LogP) is 9.78. The number of carbonyl (C=O) groups is 3. The number of hydrogen-bond donors (Lipinski definition) is 1. The maximum atomic E-state index is 14.5. The first kappa shape index (κ1) is 41.9. The lowest BCUT2D eigenvalue weighted by molar-refractivity contribution is -0.385. The lowest BCUT2D eigenvalue weighted by Gasteiger charge is -2.40. The van der Waals surface area contributed by atoms with Crippen LogP contribution < -0.4 is 9.47 Å². The normalized spacial score (nSPS) is 15.1. The van der Waals surface area contributed by atoms with Crippen molar-refractivity contribution in [2.24, 2.45) is 0 Å². The van der Waals surface area contributed by atoms with Crippen molar-refractivity contribution >= 4 is 56.7 Å².